The molecule has 6 aromatic rings. The van der Waals surface area contributed by atoms with E-state index >= 15 is 0 Å². The standard InChI is InChI=1S/C24H37BrN4O5Si.C18H32BrN3O3Si.C17H32BrN3O2SSi.C13H24BrN3OSi.C10H18O5.C8H9NO2.CH3Cl/c1-24(2,3)34-23(31)26-19(10-8-7-9-11-20(30)18-12-13-33-28-18)22-27-21(25)16-29(22)17-32-14-15-35(4,5)6;1-8-9-14(20-17(23)25-18(2,3)4)16-21-15(19)12-22(16)13-24-10-11-26(5,6)7;1-8-9-14(20-24(22)17(2,3)4)16-19-15(18)12-21(16)13-23-10-11-25(5,6)7;1-5-6-11(15)13-16-12(14)9-17(13)10-18-7-8-19(2,3)4;1-9(2,3)14-7(11)13-8(12)15-10(4,5)6;1-2-3-4-8(10)7-5-6-11-9-7;1-2/h7-8,12-13,16,19H,9-11,14-15,17H2,1-6H3,(H,26,31);8,12,14H,1,9-11,13H2,2-7H3,(H,20,23);8,12,14,20H,1,9-11,13H2,2-7H3;5,9,11H,1,6-8,10,15H2,2-4H3;1-6H3;2,5-6H,1,3-4H2;1H3/b8-7+;;;;;;/t;;14-,24-;11-;;;/m..00.../s1. The van der Waals surface area contributed by atoms with E-state index in [0.29, 0.717) is 117 Å². The Balaban J connectivity index is 0.00000162. The molecule has 0 aliphatic heterocycles. The number of ether oxygens (including phenoxy) is 9. The summed E-state index contributed by atoms with van der Waals surface area (Å²) in [7, 11) is -5.66. The van der Waals surface area contributed by atoms with Gasteiger partial charge in [0.1, 0.15) is 115 Å². The van der Waals surface area contributed by atoms with E-state index in [1.165, 1.54) is 18.9 Å². The summed E-state index contributed by atoms with van der Waals surface area (Å²) in [4.78, 5) is 87.9. The van der Waals surface area contributed by atoms with E-state index in [0.717, 1.165) is 64.9 Å². The second kappa shape index (κ2) is 62.5. The molecular formula is C91H155Br4ClN14O18SSi4. The molecule has 0 saturated heterocycles. The van der Waals surface area contributed by atoms with Gasteiger partial charge in [0.2, 0.25) is 0 Å². The maximum Gasteiger partial charge on any atom is 0.519 e. The Bertz CT molecular complexity index is 4440. The molecule has 0 aliphatic carbocycles. The van der Waals surface area contributed by atoms with Gasteiger partial charge in [-0.1, -0.05) is 125 Å². The summed E-state index contributed by atoms with van der Waals surface area (Å²) in [5.41, 5.74) is 4.22. The van der Waals surface area contributed by atoms with Crippen molar-refractivity contribution in [3.63, 3.8) is 0 Å². The predicted octanol–water partition coefficient (Wildman–Crippen LogP) is 24.9. The molecule has 6 rings (SSSR count). The van der Waals surface area contributed by atoms with E-state index in [1.54, 1.807) is 65.8 Å². The molecular weight excluding hydrogens is 2080 g/mol. The molecule has 0 fully saturated rings. The zero-order chi connectivity index (χ0) is 102. The third-order valence-electron chi connectivity index (χ3n) is 16.7. The second-order valence-electron chi connectivity index (χ2n) is 40.3. The monoisotopic (exact) mass is 2230 g/mol. The number of halogens is 5. The van der Waals surface area contributed by atoms with Crippen molar-refractivity contribution >= 4 is 155 Å². The summed E-state index contributed by atoms with van der Waals surface area (Å²) in [6, 6.07) is 6.47. The second-order valence-corrected chi connectivity index (χ2v) is 68.0. The highest BCUT2D eigenvalue weighted by molar-refractivity contribution is 9.11. The summed E-state index contributed by atoms with van der Waals surface area (Å²) in [5.74, 6) is 2.91. The van der Waals surface area contributed by atoms with Gasteiger partial charge in [0.05, 0.1) is 39.9 Å². The number of imidazole rings is 4. The maximum atomic E-state index is 12.5. The first kappa shape index (κ1) is 127. The molecule has 0 radical (unpaired) electrons. The fraction of sp³-hybridized carbons (Fsp3) is 0.626. The van der Waals surface area contributed by atoms with Gasteiger partial charge in [-0.05, 0) is 230 Å². The van der Waals surface area contributed by atoms with E-state index in [2.05, 4.69) is 235 Å². The zero-order valence-electron chi connectivity index (χ0n) is 84.1. The molecule has 5 atom stereocenters. The number of Topliss-reactive ketones (excluding diaryl/α,β-unsaturated/α-hetero) is 2. The van der Waals surface area contributed by atoms with Gasteiger partial charge < -0.3 is 86.3 Å². The minimum atomic E-state index is -1.20. The molecule has 0 aliphatic rings. The first-order valence-corrected chi connectivity index (χ1v) is 63.9. The fourth-order valence-electron chi connectivity index (χ4n) is 10.2. The molecule has 2 unspecified atom stereocenters. The smallest absolute Gasteiger partial charge is 0.444 e. The third kappa shape index (κ3) is 62.9. The van der Waals surface area contributed by atoms with Crippen LogP contribution in [0.15, 0.2) is 140 Å². The van der Waals surface area contributed by atoms with E-state index in [9.17, 15) is 33.0 Å². The van der Waals surface area contributed by atoms with E-state index in [4.69, 9.17) is 48.2 Å². The summed E-state index contributed by atoms with van der Waals surface area (Å²) < 4.78 is 83.1. The van der Waals surface area contributed by atoms with Crippen molar-refractivity contribution in [3.8, 4) is 0 Å². The van der Waals surface area contributed by atoms with E-state index in [1.807, 2.05) is 130 Å². The number of nitrogens with one attached hydrogen (secondary N) is 3. The lowest BCUT2D eigenvalue weighted by Crippen LogP contribution is -2.36. The lowest BCUT2D eigenvalue weighted by Gasteiger charge is -2.24. The molecule has 32 nitrogen and oxygen atoms in total. The highest BCUT2D eigenvalue weighted by atomic mass is 79.9. The quantitative estimate of drug-likeness (QED) is 0.00403. The van der Waals surface area contributed by atoms with Gasteiger partial charge in [-0.15, -0.1) is 37.9 Å². The third-order valence-corrected chi connectivity index (χ3v) is 26.7. The van der Waals surface area contributed by atoms with Crippen LogP contribution in [-0.2, 0) is 80.5 Å². The molecule has 6 aromatic heterocycles. The molecule has 2 amide bonds. The van der Waals surface area contributed by atoms with Gasteiger partial charge in [0.25, 0.3) is 0 Å². The minimum Gasteiger partial charge on any atom is -0.444 e. The molecule has 0 aromatic carbocycles. The lowest BCUT2D eigenvalue weighted by atomic mass is 10.1. The van der Waals surface area contributed by atoms with Crippen LogP contribution in [0.3, 0.4) is 0 Å². The number of carbonyl (C=O) groups excluding carboxylic acids is 6. The largest absolute Gasteiger partial charge is 0.519 e. The maximum absolute atomic E-state index is 12.5. The number of nitrogens with two attached hydrogens (primary N) is 1. The number of rotatable bonds is 44. The van der Waals surface area contributed by atoms with Gasteiger partial charge in [0.15, 0.2) is 11.6 Å². The van der Waals surface area contributed by atoms with Crippen LogP contribution in [-0.4, -0.2) is 181 Å². The number of hydrogen-bond acceptors (Lipinski definition) is 25. The van der Waals surface area contributed by atoms with Crippen LogP contribution in [0.1, 0.15) is 224 Å². The van der Waals surface area contributed by atoms with Crippen LogP contribution in [0.2, 0.25) is 103 Å². The first-order valence-electron chi connectivity index (χ1n) is 44.0. The molecule has 754 valence electrons. The molecule has 6 heterocycles. The van der Waals surface area contributed by atoms with Gasteiger partial charge in [-0.3, -0.25) is 9.59 Å². The van der Waals surface area contributed by atoms with Crippen LogP contribution in [0.5, 0.6) is 0 Å². The van der Waals surface area contributed by atoms with Crippen LogP contribution in [0, 0.1) is 0 Å². The normalized spacial score (nSPS) is 13.0. The van der Waals surface area contributed by atoms with Gasteiger partial charge >= 0.3 is 24.5 Å². The Morgan fingerprint density at radius 2 is 0.752 bits per heavy atom. The first-order chi connectivity index (χ1) is 61.4. The fourth-order valence-corrected chi connectivity index (χ4v) is 15.7. The summed E-state index contributed by atoms with van der Waals surface area (Å²) in [6.07, 6.45) is 23.9. The summed E-state index contributed by atoms with van der Waals surface area (Å²) in [6.45, 7) is 74.2. The average Bonchev–Trinajstić information content (AvgIpc) is 1.74. The molecule has 42 heteroatoms. The molecule has 0 saturated carbocycles. The van der Waals surface area contributed by atoms with Crippen molar-refractivity contribution in [3.05, 3.63) is 165 Å². The Morgan fingerprint density at radius 1 is 0.451 bits per heavy atom. The predicted molar refractivity (Wildman–Crippen MR) is 555 cm³/mol. The van der Waals surface area contributed by atoms with Crippen molar-refractivity contribution in [2.24, 2.45) is 5.73 Å². The average molecular weight is 2230 g/mol. The molecule has 0 spiro atoms. The van der Waals surface area contributed by atoms with Crippen molar-refractivity contribution in [2.45, 2.75) is 336 Å². The number of alkyl halides is 1. The van der Waals surface area contributed by atoms with Crippen LogP contribution < -0.4 is 21.1 Å². The zero-order valence-corrected chi connectivity index (χ0v) is 96.0. The molecule has 0 bridgehead atoms. The van der Waals surface area contributed by atoms with Crippen LogP contribution in [0.4, 0.5) is 19.2 Å². The van der Waals surface area contributed by atoms with Crippen LogP contribution >= 0.6 is 75.3 Å². The number of amides is 2. The highest BCUT2D eigenvalue weighted by Gasteiger charge is 2.31. The number of nitrogens with zero attached hydrogens (tertiary/aromatic N) is 10. The SMILES string of the molecule is C=CCC(NC(=O)OC(C)(C)C)c1nc(Br)cn1COCC[Si](C)(C)C.C=CCCC(=O)c1ccon1.C=CC[C@H](N)c1nc(Br)cn1COCC[Si](C)(C)C.C=CC[C@H](N[S@@](=O)C(C)(C)C)c1nc(Br)cn1COCC[Si](C)(C)C.CC(C)(C)OC(=O)NC(C/C=C/CCC(=O)c1ccon1)c1nc(Br)cn1COCC[Si](C)(C)C.CC(C)(C)OC(=O)OC(=O)OC(C)(C)C.CCl. The molecule has 5 N–H and O–H groups in total. The Labute approximate surface area is 836 Å². The van der Waals surface area contributed by atoms with Crippen molar-refractivity contribution in [2.75, 3.05) is 32.8 Å². The van der Waals surface area contributed by atoms with E-state index < -0.39 is 96.2 Å². The number of ketones is 2. The molecule has 133 heavy (non-hydrogen) atoms. The van der Waals surface area contributed by atoms with Gasteiger partial charge in [0, 0.05) is 115 Å². The summed E-state index contributed by atoms with van der Waals surface area (Å²) in [5, 5.41) is 13.0. The Morgan fingerprint density at radius 3 is 1.05 bits per heavy atom. The van der Waals surface area contributed by atoms with Gasteiger partial charge in [-0.2, -0.15) is 0 Å². The van der Waals surface area contributed by atoms with Crippen molar-refractivity contribution in [1.29, 1.82) is 0 Å². The number of alkyl carbamates (subject to hydrolysis) is 2. The van der Waals surface area contributed by atoms with Crippen molar-refractivity contribution in [1.82, 2.24) is 63.9 Å². The Kier molecular flexibility index (Phi) is 59.5. The topological polar surface area (TPSA) is 388 Å². The number of allylic oxidation sites excluding steroid dienone is 2. The highest BCUT2D eigenvalue weighted by Crippen LogP contribution is 2.28. The van der Waals surface area contributed by atoms with Crippen molar-refractivity contribution < 1.29 is 84.7 Å². The van der Waals surface area contributed by atoms with E-state index in [-0.39, 0.29) is 34.4 Å². The number of hydrogen-bond donors (Lipinski definition) is 4. The number of aromatic nitrogens is 10. The Hall–Kier alpha value is -6.43. The minimum absolute atomic E-state index is 0.00125. The lowest BCUT2D eigenvalue weighted by molar-refractivity contribution is -0.0295. The van der Waals surface area contributed by atoms with Gasteiger partial charge in [-0.25, -0.2) is 48.0 Å². The summed E-state index contributed by atoms with van der Waals surface area (Å²) >= 11 is 18.3. The number of carbonyl (C=O) groups is 6. The van der Waals surface area contributed by atoms with Crippen LogP contribution in [0.25, 0.3) is 0 Å².